The summed E-state index contributed by atoms with van der Waals surface area (Å²) in [6.07, 6.45) is 2.35. The maximum Gasteiger partial charge on any atom is 0.222 e. The lowest BCUT2D eigenvalue weighted by Crippen LogP contribution is -2.30. The highest BCUT2D eigenvalue weighted by Gasteiger charge is 2.25. The molecule has 140 valence electrons. The van der Waals surface area contributed by atoms with Crippen molar-refractivity contribution in [1.82, 2.24) is 14.7 Å². The SMILES string of the molecule is Cc1ccc(Cn2nc(C)c(CCC(=O)N3CC[C@H](CN)C3)c2C)cc1. The van der Waals surface area contributed by atoms with E-state index >= 15 is 0 Å². The lowest BCUT2D eigenvalue weighted by atomic mass is 10.1. The van der Waals surface area contributed by atoms with Gasteiger partial charge in [0.2, 0.25) is 5.91 Å². The molecule has 3 rings (SSSR count). The summed E-state index contributed by atoms with van der Waals surface area (Å²) in [7, 11) is 0. The fourth-order valence-electron chi connectivity index (χ4n) is 3.76. The van der Waals surface area contributed by atoms with Crippen molar-refractivity contribution >= 4 is 5.91 Å². The van der Waals surface area contributed by atoms with Crippen LogP contribution in [0.2, 0.25) is 0 Å². The third-order valence-corrected chi connectivity index (χ3v) is 5.55. The second kappa shape index (κ2) is 8.04. The number of nitrogens with two attached hydrogens (primary N) is 1. The van der Waals surface area contributed by atoms with Gasteiger partial charge in [-0.1, -0.05) is 29.8 Å². The molecule has 1 aromatic heterocycles. The van der Waals surface area contributed by atoms with Crippen molar-refractivity contribution in [2.75, 3.05) is 19.6 Å². The van der Waals surface area contributed by atoms with Crippen LogP contribution >= 0.6 is 0 Å². The van der Waals surface area contributed by atoms with Gasteiger partial charge >= 0.3 is 0 Å². The molecule has 1 aliphatic rings. The normalized spacial score (nSPS) is 17.1. The molecule has 2 N–H and O–H groups in total. The first-order valence-corrected chi connectivity index (χ1v) is 9.54. The molecule has 1 atom stereocenters. The monoisotopic (exact) mass is 354 g/mol. The van der Waals surface area contributed by atoms with Crippen LogP contribution in [0.4, 0.5) is 0 Å². The largest absolute Gasteiger partial charge is 0.342 e. The van der Waals surface area contributed by atoms with Crippen LogP contribution in [-0.4, -0.2) is 40.2 Å². The Bertz CT molecular complexity index is 763. The molecule has 1 aliphatic heterocycles. The molecule has 1 fully saturated rings. The minimum atomic E-state index is 0.242. The predicted octanol–water partition coefficient (Wildman–Crippen LogP) is 2.60. The highest BCUT2D eigenvalue weighted by Crippen LogP contribution is 2.20. The van der Waals surface area contributed by atoms with E-state index in [0.717, 1.165) is 43.9 Å². The summed E-state index contributed by atoms with van der Waals surface area (Å²) >= 11 is 0. The third-order valence-electron chi connectivity index (χ3n) is 5.55. The Morgan fingerprint density at radius 2 is 1.96 bits per heavy atom. The van der Waals surface area contributed by atoms with Gasteiger partial charge in [0.25, 0.3) is 0 Å². The zero-order chi connectivity index (χ0) is 18.7. The van der Waals surface area contributed by atoms with Crippen molar-refractivity contribution in [3.63, 3.8) is 0 Å². The van der Waals surface area contributed by atoms with Crippen LogP contribution in [0.1, 0.15) is 40.9 Å². The number of hydrogen-bond acceptors (Lipinski definition) is 3. The Balaban J connectivity index is 1.62. The first-order valence-electron chi connectivity index (χ1n) is 9.54. The van der Waals surface area contributed by atoms with Crippen LogP contribution in [0.25, 0.3) is 0 Å². The molecule has 26 heavy (non-hydrogen) atoms. The average Bonchev–Trinajstić information content (AvgIpc) is 3.21. The first-order chi connectivity index (χ1) is 12.5. The summed E-state index contributed by atoms with van der Waals surface area (Å²) in [6.45, 7) is 9.36. The Labute approximate surface area is 156 Å². The highest BCUT2D eigenvalue weighted by atomic mass is 16.2. The minimum Gasteiger partial charge on any atom is -0.342 e. The van der Waals surface area contributed by atoms with Gasteiger partial charge < -0.3 is 10.6 Å². The first kappa shape index (κ1) is 18.6. The third kappa shape index (κ3) is 4.15. The zero-order valence-corrected chi connectivity index (χ0v) is 16.2. The van der Waals surface area contributed by atoms with Gasteiger partial charge in [0.1, 0.15) is 0 Å². The molecule has 1 saturated heterocycles. The maximum atomic E-state index is 12.5. The quantitative estimate of drug-likeness (QED) is 0.867. The Morgan fingerprint density at radius 3 is 2.62 bits per heavy atom. The summed E-state index contributed by atoms with van der Waals surface area (Å²) < 4.78 is 2.06. The van der Waals surface area contributed by atoms with Crippen LogP contribution in [-0.2, 0) is 17.8 Å². The number of likely N-dealkylation sites (tertiary alicyclic amines) is 1. The highest BCUT2D eigenvalue weighted by molar-refractivity contribution is 5.76. The second-order valence-electron chi connectivity index (χ2n) is 7.52. The van der Waals surface area contributed by atoms with Crippen LogP contribution in [0, 0.1) is 26.7 Å². The molecule has 0 unspecified atom stereocenters. The van der Waals surface area contributed by atoms with Crippen molar-refractivity contribution in [3.8, 4) is 0 Å². The molecular weight excluding hydrogens is 324 g/mol. The van der Waals surface area contributed by atoms with Crippen molar-refractivity contribution in [1.29, 1.82) is 0 Å². The number of carbonyl (C=O) groups is 1. The summed E-state index contributed by atoms with van der Waals surface area (Å²) in [4.78, 5) is 14.5. The number of benzene rings is 1. The smallest absolute Gasteiger partial charge is 0.222 e. The fourth-order valence-corrected chi connectivity index (χ4v) is 3.76. The predicted molar refractivity (Wildman–Crippen MR) is 104 cm³/mol. The minimum absolute atomic E-state index is 0.242. The van der Waals surface area contributed by atoms with E-state index in [-0.39, 0.29) is 5.91 Å². The van der Waals surface area contributed by atoms with Crippen LogP contribution in [0.3, 0.4) is 0 Å². The molecule has 2 heterocycles. The second-order valence-corrected chi connectivity index (χ2v) is 7.52. The van der Waals surface area contributed by atoms with E-state index in [9.17, 15) is 4.79 Å². The molecule has 2 aromatic rings. The van der Waals surface area contributed by atoms with E-state index in [0.29, 0.717) is 18.9 Å². The van der Waals surface area contributed by atoms with E-state index in [1.54, 1.807) is 0 Å². The van der Waals surface area contributed by atoms with Crippen LogP contribution < -0.4 is 5.73 Å². The van der Waals surface area contributed by atoms with Gasteiger partial charge in [-0.25, -0.2) is 0 Å². The molecular formula is C21H30N4O. The van der Waals surface area contributed by atoms with E-state index < -0.39 is 0 Å². The topological polar surface area (TPSA) is 64.2 Å². The van der Waals surface area contributed by atoms with Gasteiger partial charge in [0.05, 0.1) is 12.2 Å². The van der Waals surface area contributed by atoms with Crippen molar-refractivity contribution in [3.05, 3.63) is 52.3 Å². The van der Waals surface area contributed by atoms with Crippen molar-refractivity contribution in [2.24, 2.45) is 11.7 Å². The molecule has 1 aromatic carbocycles. The van der Waals surface area contributed by atoms with E-state index in [4.69, 9.17) is 10.8 Å². The van der Waals surface area contributed by atoms with Gasteiger partial charge in [-0.05, 0) is 57.2 Å². The number of nitrogens with zero attached hydrogens (tertiary/aromatic N) is 3. The lowest BCUT2D eigenvalue weighted by molar-refractivity contribution is -0.130. The Morgan fingerprint density at radius 1 is 1.23 bits per heavy atom. The Kier molecular flexibility index (Phi) is 5.77. The fraction of sp³-hybridized carbons (Fsp3) is 0.524. The van der Waals surface area contributed by atoms with Gasteiger partial charge in [-0.3, -0.25) is 9.48 Å². The number of aromatic nitrogens is 2. The summed E-state index contributed by atoms with van der Waals surface area (Å²) in [5.41, 5.74) is 11.6. The van der Waals surface area contributed by atoms with Gasteiger partial charge in [0, 0.05) is 25.2 Å². The molecule has 0 aliphatic carbocycles. The maximum absolute atomic E-state index is 12.5. The molecule has 0 bridgehead atoms. The van der Waals surface area contributed by atoms with Crippen molar-refractivity contribution < 1.29 is 4.79 Å². The summed E-state index contributed by atoms with van der Waals surface area (Å²) in [6, 6.07) is 8.56. The molecule has 5 heteroatoms. The number of hydrogen-bond donors (Lipinski definition) is 1. The van der Waals surface area contributed by atoms with Crippen LogP contribution in [0.5, 0.6) is 0 Å². The van der Waals surface area contributed by atoms with Gasteiger partial charge in [-0.15, -0.1) is 0 Å². The number of rotatable bonds is 6. The molecule has 5 nitrogen and oxygen atoms in total. The summed E-state index contributed by atoms with van der Waals surface area (Å²) in [5.74, 6) is 0.714. The molecule has 0 saturated carbocycles. The number of carbonyl (C=O) groups excluding carboxylic acids is 1. The lowest BCUT2D eigenvalue weighted by Gasteiger charge is -2.16. The van der Waals surface area contributed by atoms with Gasteiger partial charge in [-0.2, -0.15) is 5.10 Å². The van der Waals surface area contributed by atoms with Crippen molar-refractivity contribution in [2.45, 2.75) is 46.6 Å². The molecule has 0 spiro atoms. The Hall–Kier alpha value is -2.14. The summed E-state index contributed by atoms with van der Waals surface area (Å²) in [5, 5.41) is 4.70. The standard InChI is InChI=1S/C21H30N4O/c1-15-4-6-18(7-5-15)14-25-17(3)20(16(2)23-25)8-9-21(26)24-11-10-19(12-22)13-24/h4-7,19H,8-14,22H2,1-3H3/t19-/m1/s1. The molecule has 0 radical (unpaired) electrons. The number of aryl methyl sites for hydroxylation is 2. The average molecular weight is 354 g/mol. The van der Waals surface area contributed by atoms with Gasteiger partial charge in [0.15, 0.2) is 0 Å². The van der Waals surface area contributed by atoms with Crippen LogP contribution in [0.15, 0.2) is 24.3 Å². The molecule has 1 amide bonds. The van der Waals surface area contributed by atoms with E-state index in [1.165, 1.54) is 16.7 Å². The number of amides is 1. The van der Waals surface area contributed by atoms with E-state index in [2.05, 4.69) is 42.8 Å². The van der Waals surface area contributed by atoms with E-state index in [1.807, 2.05) is 11.8 Å². The zero-order valence-electron chi connectivity index (χ0n) is 16.2.